The first kappa shape index (κ1) is 70.3. The van der Waals surface area contributed by atoms with E-state index in [1.165, 1.54) is 57.8 Å². The molecule has 0 fully saturated rings. The van der Waals surface area contributed by atoms with Crippen molar-refractivity contribution in [3.8, 4) is 0 Å². The Kier molecular flexibility index (Phi) is 58.0. The van der Waals surface area contributed by atoms with Gasteiger partial charge in [0.05, 0.1) is 0 Å². The van der Waals surface area contributed by atoms with Crippen molar-refractivity contribution in [3.05, 3.63) is 146 Å². The summed E-state index contributed by atoms with van der Waals surface area (Å²) in [6, 6.07) is 0. The lowest BCUT2D eigenvalue weighted by atomic mass is 10.1. The summed E-state index contributed by atoms with van der Waals surface area (Å²) in [6.45, 7) is 6.38. The number of esters is 3. The van der Waals surface area contributed by atoms with E-state index in [4.69, 9.17) is 14.2 Å². The molecule has 0 radical (unpaired) electrons. The summed E-state index contributed by atoms with van der Waals surface area (Å²) in [5.41, 5.74) is 0. The van der Waals surface area contributed by atoms with Gasteiger partial charge < -0.3 is 14.2 Å². The van der Waals surface area contributed by atoms with Crippen molar-refractivity contribution < 1.29 is 28.6 Å². The van der Waals surface area contributed by atoms with Gasteiger partial charge in [-0.15, -0.1) is 0 Å². The lowest BCUT2D eigenvalue weighted by Crippen LogP contribution is -2.30. The van der Waals surface area contributed by atoms with Gasteiger partial charge in [0.25, 0.3) is 0 Å². The Hall–Kier alpha value is -4.71. The second kappa shape index (κ2) is 61.8. The van der Waals surface area contributed by atoms with Crippen LogP contribution in [0.4, 0.5) is 0 Å². The van der Waals surface area contributed by atoms with Gasteiger partial charge >= 0.3 is 17.9 Å². The molecule has 422 valence electrons. The molecule has 0 aliphatic carbocycles. The monoisotopic (exact) mass is 1030 g/mol. The molecule has 0 amide bonds. The summed E-state index contributed by atoms with van der Waals surface area (Å²) >= 11 is 0. The van der Waals surface area contributed by atoms with Gasteiger partial charge in [0, 0.05) is 19.3 Å². The Morgan fingerprint density at radius 3 is 0.933 bits per heavy atom. The third-order valence-electron chi connectivity index (χ3n) is 12.3. The van der Waals surface area contributed by atoms with E-state index in [0.29, 0.717) is 19.3 Å². The van der Waals surface area contributed by atoms with Crippen molar-refractivity contribution in [2.75, 3.05) is 13.2 Å². The smallest absolute Gasteiger partial charge is 0.306 e. The first-order chi connectivity index (χ1) is 37.0. The van der Waals surface area contributed by atoms with Crippen LogP contribution in [0.2, 0.25) is 0 Å². The second-order valence-electron chi connectivity index (χ2n) is 19.5. The number of hydrogen-bond acceptors (Lipinski definition) is 6. The molecule has 6 heteroatoms. The minimum atomic E-state index is -0.818. The summed E-state index contributed by atoms with van der Waals surface area (Å²) in [5, 5.41) is 0. The maximum Gasteiger partial charge on any atom is 0.306 e. The van der Waals surface area contributed by atoms with Crippen LogP contribution in [-0.4, -0.2) is 37.2 Å². The first-order valence-electron chi connectivity index (χ1n) is 30.3. The molecule has 0 N–H and O–H groups in total. The zero-order valence-corrected chi connectivity index (χ0v) is 48.3. The summed E-state index contributed by atoms with van der Waals surface area (Å²) < 4.78 is 16.8. The molecule has 1 atom stereocenters. The van der Waals surface area contributed by atoms with Crippen LogP contribution < -0.4 is 0 Å². The summed E-state index contributed by atoms with van der Waals surface area (Å²) in [4.78, 5) is 38.2. The van der Waals surface area contributed by atoms with E-state index in [2.05, 4.69) is 167 Å². The van der Waals surface area contributed by atoms with Gasteiger partial charge in [-0.1, -0.05) is 244 Å². The molecule has 0 spiro atoms. The Morgan fingerprint density at radius 2 is 0.560 bits per heavy atom. The third-order valence-corrected chi connectivity index (χ3v) is 12.3. The van der Waals surface area contributed by atoms with Crippen LogP contribution in [0.15, 0.2) is 146 Å². The zero-order valence-electron chi connectivity index (χ0n) is 48.3. The summed E-state index contributed by atoms with van der Waals surface area (Å²) in [5.74, 6) is -1.000. The SMILES string of the molecule is CC/C=C\C/C=C\C/C=C\C/C=C\C/C=C\C/C=C\C/C=C\C/C=C\C/C=C\CCCC(=O)OCC(COC(=O)CCCCCCC/C=C\C/C=C\CCC)OC(=O)CCCCCCC/C=C\CCCCCCCC. The van der Waals surface area contributed by atoms with E-state index < -0.39 is 6.10 Å². The largest absolute Gasteiger partial charge is 0.462 e. The molecular formula is C69H110O6. The number of ether oxygens (including phenoxy) is 3. The molecule has 0 saturated carbocycles. The van der Waals surface area contributed by atoms with E-state index in [0.717, 1.165) is 148 Å². The number of rotatable bonds is 53. The van der Waals surface area contributed by atoms with E-state index in [9.17, 15) is 14.4 Å². The van der Waals surface area contributed by atoms with Crippen molar-refractivity contribution in [1.82, 2.24) is 0 Å². The number of hydrogen-bond donors (Lipinski definition) is 0. The van der Waals surface area contributed by atoms with E-state index in [-0.39, 0.29) is 37.5 Å². The lowest BCUT2D eigenvalue weighted by Gasteiger charge is -2.18. The Bertz CT molecular complexity index is 1660. The fourth-order valence-corrected chi connectivity index (χ4v) is 7.77. The zero-order chi connectivity index (χ0) is 54.3. The average Bonchev–Trinajstić information content (AvgIpc) is 3.41. The molecule has 0 heterocycles. The van der Waals surface area contributed by atoms with Gasteiger partial charge in [-0.2, -0.15) is 0 Å². The molecule has 0 aromatic rings. The summed E-state index contributed by atoms with van der Waals surface area (Å²) in [6.07, 6.45) is 88.5. The predicted octanol–water partition coefficient (Wildman–Crippen LogP) is 20.8. The van der Waals surface area contributed by atoms with Crippen LogP contribution in [0.25, 0.3) is 0 Å². The molecule has 75 heavy (non-hydrogen) atoms. The molecule has 0 bridgehead atoms. The standard InChI is InChI=1S/C69H110O6/c1-4-7-10-13-16-19-22-25-27-28-29-30-31-32-33-34-35-36-37-38-39-40-42-44-47-50-53-56-59-62-68(71)74-65-66(64-73-67(70)61-58-55-52-49-46-43-24-21-18-15-12-9-6-3)75-69(72)63-60-57-54-51-48-45-41-26-23-20-17-14-11-8-5-2/h7,10,12,15-16,19,21,24-27,29-30,32-33,35-36,38-39,41-42,44,50,53,66H,4-6,8-9,11,13-14,17-18,20,22-23,28,31,34,37,40,43,45-49,51-52,54-65H2,1-3H3/b10-7-,15-12-,19-16-,24-21-,27-25-,30-29-,33-32-,36-35-,39-38-,41-26-,44-42-,53-50-. The summed E-state index contributed by atoms with van der Waals surface area (Å²) in [7, 11) is 0. The average molecular weight is 1040 g/mol. The second-order valence-corrected chi connectivity index (χ2v) is 19.5. The van der Waals surface area contributed by atoms with E-state index in [1.54, 1.807) is 0 Å². The maximum atomic E-state index is 12.9. The molecule has 0 saturated heterocycles. The molecule has 1 unspecified atom stereocenters. The molecule has 0 aromatic heterocycles. The van der Waals surface area contributed by atoms with Crippen molar-refractivity contribution in [3.63, 3.8) is 0 Å². The highest BCUT2D eigenvalue weighted by Crippen LogP contribution is 2.13. The Morgan fingerprint density at radius 1 is 0.280 bits per heavy atom. The van der Waals surface area contributed by atoms with Gasteiger partial charge in [-0.05, 0) is 135 Å². The van der Waals surface area contributed by atoms with Gasteiger partial charge in [-0.3, -0.25) is 14.4 Å². The van der Waals surface area contributed by atoms with Crippen molar-refractivity contribution in [1.29, 1.82) is 0 Å². The number of unbranched alkanes of at least 4 members (excludes halogenated alkanes) is 18. The Labute approximate surface area is 461 Å². The quantitative estimate of drug-likeness (QED) is 0.0261. The van der Waals surface area contributed by atoms with Gasteiger partial charge in [0.2, 0.25) is 0 Å². The molecule has 0 aliphatic rings. The number of carbonyl (C=O) groups is 3. The fourth-order valence-electron chi connectivity index (χ4n) is 7.77. The van der Waals surface area contributed by atoms with Gasteiger partial charge in [0.1, 0.15) is 13.2 Å². The molecule has 6 nitrogen and oxygen atoms in total. The topological polar surface area (TPSA) is 78.9 Å². The third kappa shape index (κ3) is 60.0. The van der Waals surface area contributed by atoms with E-state index >= 15 is 0 Å². The lowest BCUT2D eigenvalue weighted by molar-refractivity contribution is -0.167. The van der Waals surface area contributed by atoms with Gasteiger partial charge in [0.15, 0.2) is 6.10 Å². The first-order valence-corrected chi connectivity index (χ1v) is 30.3. The predicted molar refractivity (Wildman–Crippen MR) is 325 cm³/mol. The van der Waals surface area contributed by atoms with Crippen LogP contribution in [0.3, 0.4) is 0 Å². The fraction of sp³-hybridized carbons (Fsp3) is 0.609. The highest BCUT2D eigenvalue weighted by Gasteiger charge is 2.19. The van der Waals surface area contributed by atoms with Crippen molar-refractivity contribution in [2.45, 2.75) is 258 Å². The van der Waals surface area contributed by atoms with Crippen molar-refractivity contribution in [2.24, 2.45) is 0 Å². The molecule has 0 rings (SSSR count). The van der Waals surface area contributed by atoms with Crippen molar-refractivity contribution >= 4 is 17.9 Å². The minimum Gasteiger partial charge on any atom is -0.462 e. The van der Waals surface area contributed by atoms with Crippen LogP contribution in [0, 0.1) is 0 Å². The molecule has 0 aromatic carbocycles. The number of allylic oxidation sites excluding steroid dienone is 24. The minimum absolute atomic E-state index is 0.111. The molecule has 0 aliphatic heterocycles. The Balaban J connectivity index is 4.45. The van der Waals surface area contributed by atoms with Gasteiger partial charge in [-0.25, -0.2) is 0 Å². The molecular weight excluding hydrogens is 925 g/mol. The van der Waals surface area contributed by atoms with Crippen LogP contribution in [0.1, 0.15) is 252 Å². The van der Waals surface area contributed by atoms with Crippen LogP contribution in [-0.2, 0) is 28.6 Å². The normalized spacial score (nSPS) is 13.2. The van der Waals surface area contributed by atoms with Crippen LogP contribution >= 0.6 is 0 Å². The van der Waals surface area contributed by atoms with E-state index in [1.807, 2.05) is 0 Å². The highest BCUT2D eigenvalue weighted by molar-refractivity contribution is 5.71. The highest BCUT2D eigenvalue weighted by atomic mass is 16.6. The number of carbonyl (C=O) groups excluding carboxylic acids is 3. The van der Waals surface area contributed by atoms with Crippen LogP contribution in [0.5, 0.6) is 0 Å². The maximum absolute atomic E-state index is 12.9.